The molecule has 0 radical (unpaired) electrons. The van der Waals surface area contributed by atoms with Crippen molar-refractivity contribution in [2.75, 3.05) is 11.1 Å². The maximum atomic E-state index is 13.3. The molecule has 0 fully saturated rings. The van der Waals surface area contributed by atoms with Gasteiger partial charge < -0.3 is 11.1 Å². The molecule has 1 aromatic carbocycles. The summed E-state index contributed by atoms with van der Waals surface area (Å²) in [5.41, 5.74) is 5.23. The molecule has 1 rings (SSSR count). The number of rotatable bonds is 4. The Balaban J connectivity index is 2.89. The topological polar surface area (TPSA) is 38.0 Å². The molecule has 0 amide bonds. The molecule has 0 saturated carbocycles. The second-order valence-corrected chi connectivity index (χ2v) is 3.43. The molecule has 2 nitrogen and oxygen atoms in total. The van der Waals surface area contributed by atoms with Crippen molar-refractivity contribution < 1.29 is 8.78 Å². The first-order valence-electron chi connectivity index (χ1n) is 4.66. The second kappa shape index (κ2) is 4.77. The van der Waals surface area contributed by atoms with Crippen LogP contribution in [0.1, 0.15) is 13.3 Å². The van der Waals surface area contributed by atoms with E-state index in [9.17, 15) is 8.78 Å². The van der Waals surface area contributed by atoms with Gasteiger partial charge in [-0.1, -0.05) is 6.08 Å². The smallest absolute Gasteiger partial charge is 0.151 e. The molecule has 1 atom stereocenters. The molecule has 15 heavy (non-hydrogen) atoms. The first-order chi connectivity index (χ1) is 7.04. The molecule has 0 saturated heterocycles. The van der Waals surface area contributed by atoms with Gasteiger partial charge in [-0.05, 0) is 25.5 Å². The maximum absolute atomic E-state index is 13.3. The normalized spacial score (nSPS) is 12.2. The van der Waals surface area contributed by atoms with E-state index in [-0.39, 0.29) is 17.4 Å². The van der Waals surface area contributed by atoms with Gasteiger partial charge in [0.2, 0.25) is 0 Å². The standard InChI is InChI=1S/C11H14F2N2/c1-3-4-7(2)15-11-9(12)5-8(14)6-10(11)13/h3,5-7,15H,1,4,14H2,2H3. The van der Waals surface area contributed by atoms with Gasteiger partial charge >= 0.3 is 0 Å². The number of hydrogen-bond donors (Lipinski definition) is 2. The van der Waals surface area contributed by atoms with Crippen molar-refractivity contribution in [2.45, 2.75) is 19.4 Å². The molecule has 3 N–H and O–H groups in total. The van der Waals surface area contributed by atoms with E-state index in [1.165, 1.54) is 0 Å². The Morgan fingerprint density at radius 3 is 2.47 bits per heavy atom. The zero-order valence-electron chi connectivity index (χ0n) is 8.56. The van der Waals surface area contributed by atoms with Gasteiger partial charge in [-0.25, -0.2) is 8.78 Å². The minimum Gasteiger partial charge on any atom is -0.399 e. The Morgan fingerprint density at radius 2 is 2.00 bits per heavy atom. The monoisotopic (exact) mass is 212 g/mol. The number of halogens is 2. The van der Waals surface area contributed by atoms with E-state index in [0.29, 0.717) is 6.42 Å². The average Bonchev–Trinajstić information content (AvgIpc) is 2.11. The fraction of sp³-hybridized carbons (Fsp3) is 0.273. The summed E-state index contributed by atoms with van der Waals surface area (Å²) < 4.78 is 26.6. The molecule has 0 aliphatic heterocycles. The molecule has 4 heteroatoms. The molecular weight excluding hydrogens is 198 g/mol. The number of benzene rings is 1. The molecule has 82 valence electrons. The molecule has 0 aliphatic rings. The van der Waals surface area contributed by atoms with E-state index in [0.717, 1.165) is 12.1 Å². The molecule has 1 aromatic rings. The van der Waals surface area contributed by atoms with E-state index in [4.69, 9.17) is 5.73 Å². The van der Waals surface area contributed by atoms with Crippen molar-refractivity contribution in [1.82, 2.24) is 0 Å². The van der Waals surface area contributed by atoms with E-state index in [1.54, 1.807) is 6.08 Å². The molecule has 0 spiro atoms. The Bertz CT molecular complexity index is 341. The highest BCUT2D eigenvalue weighted by molar-refractivity contribution is 5.54. The van der Waals surface area contributed by atoms with Crippen LogP contribution in [0.3, 0.4) is 0 Å². The van der Waals surface area contributed by atoms with Gasteiger partial charge in [-0.3, -0.25) is 0 Å². The fourth-order valence-corrected chi connectivity index (χ4v) is 1.29. The maximum Gasteiger partial charge on any atom is 0.151 e. The van der Waals surface area contributed by atoms with Gasteiger partial charge in [0, 0.05) is 11.7 Å². The highest BCUT2D eigenvalue weighted by Crippen LogP contribution is 2.22. The van der Waals surface area contributed by atoms with Gasteiger partial charge in [0.05, 0.1) is 0 Å². The van der Waals surface area contributed by atoms with Crippen LogP contribution in [0.5, 0.6) is 0 Å². The van der Waals surface area contributed by atoms with Crippen molar-refractivity contribution in [2.24, 2.45) is 0 Å². The van der Waals surface area contributed by atoms with Crippen molar-refractivity contribution in [3.05, 3.63) is 36.4 Å². The quantitative estimate of drug-likeness (QED) is 0.595. The lowest BCUT2D eigenvalue weighted by atomic mass is 10.2. The lowest BCUT2D eigenvalue weighted by molar-refractivity contribution is 0.584. The summed E-state index contributed by atoms with van der Waals surface area (Å²) in [7, 11) is 0. The van der Waals surface area contributed by atoms with Crippen LogP contribution >= 0.6 is 0 Å². The van der Waals surface area contributed by atoms with Gasteiger partial charge in [-0.15, -0.1) is 6.58 Å². The molecule has 0 bridgehead atoms. The number of hydrogen-bond acceptors (Lipinski definition) is 2. The first kappa shape index (κ1) is 11.5. The van der Waals surface area contributed by atoms with Gasteiger partial charge in [0.25, 0.3) is 0 Å². The van der Waals surface area contributed by atoms with Crippen LogP contribution in [0.15, 0.2) is 24.8 Å². The molecular formula is C11H14F2N2. The summed E-state index contributed by atoms with van der Waals surface area (Å²) in [4.78, 5) is 0. The molecule has 0 aromatic heterocycles. The van der Waals surface area contributed by atoms with Crippen molar-refractivity contribution >= 4 is 11.4 Å². The Hall–Kier alpha value is -1.58. The third-order valence-corrected chi connectivity index (χ3v) is 1.98. The van der Waals surface area contributed by atoms with Gasteiger partial charge in [-0.2, -0.15) is 0 Å². The lowest BCUT2D eigenvalue weighted by Crippen LogP contribution is -2.16. The summed E-state index contributed by atoms with van der Waals surface area (Å²) in [6.45, 7) is 5.37. The van der Waals surface area contributed by atoms with Crippen LogP contribution in [-0.2, 0) is 0 Å². The number of nitrogen functional groups attached to an aromatic ring is 1. The zero-order chi connectivity index (χ0) is 11.4. The summed E-state index contributed by atoms with van der Waals surface area (Å²) in [6, 6.07) is 2.10. The van der Waals surface area contributed by atoms with Crippen LogP contribution < -0.4 is 11.1 Å². The number of nitrogens with two attached hydrogens (primary N) is 1. The van der Waals surface area contributed by atoms with Crippen molar-refractivity contribution in [1.29, 1.82) is 0 Å². The fourth-order valence-electron chi connectivity index (χ4n) is 1.29. The van der Waals surface area contributed by atoms with Crippen LogP contribution in [0, 0.1) is 11.6 Å². The largest absolute Gasteiger partial charge is 0.399 e. The Morgan fingerprint density at radius 1 is 1.47 bits per heavy atom. The third-order valence-electron chi connectivity index (χ3n) is 1.98. The summed E-state index contributed by atoms with van der Waals surface area (Å²) in [5, 5.41) is 2.73. The zero-order valence-corrected chi connectivity index (χ0v) is 8.56. The van der Waals surface area contributed by atoms with E-state index >= 15 is 0 Å². The van der Waals surface area contributed by atoms with E-state index in [2.05, 4.69) is 11.9 Å². The third kappa shape index (κ3) is 2.94. The predicted octanol–water partition coefficient (Wildman–Crippen LogP) is 2.92. The second-order valence-electron chi connectivity index (χ2n) is 3.43. The summed E-state index contributed by atoms with van der Waals surface area (Å²) in [6.07, 6.45) is 2.31. The van der Waals surface area contributed by atoms with Gasteiger partial charge in [0.15, 0.2) is 11.6 Å². The first-order valence-corrected chi connectivity index (χ1v) is 4.66. The van der Waals surface area contributed by atoms with E-state index in [1.807, 2.05) is 6.92 Å². The highest BCUT2D eigenvalue weighted by atomic mass is 19.1. The van der Waals surface area contributed by atoms with Crippen molar-refractivity contribution in [3.63, 3.8) is 0 Å². The summed E-state index contributed by atoms with van der Waals surface area (Å²) >= 11 is 0. The molecule has 0 aliphatic carbocycles. The van der Waals surface area contributed by atoms with Crippen LogP contribution in [0.2, 0.25) is 0 Å². The number of anilines is 2. The average molecular weight is 212 g/mol. The van der Waals surface area contributed by atoms with Crippen LogP contribution in [0.25, 0.3) is 0 Å². The van der Waals surface area contributed by atoms with E-state index < -0.39 is 11.6 Å². The Labute approximate surface area is 87.8 Å². The van der Waals surface area contributed by atoms with Crippen LogP contribution in [0.4, 0.5) is 20.2 Å². The summed E-state index contributed by atoms with van der Waals surface area (Å²) in [5.74, 6) is -1.35. The molecule has 1 unspecified atom stereocenters. The predicted molar refractivity (Wildman–Crippen MR) is 58.7 cm³/mol. The highest BCUT2D eigenvalue weighted by Gasteiger charge is 2.11. The molecule has 0 heterocycles. The van der Waals surface area contributed by atoms with Crippen LogP contribution in [-0.4, -0.2) is 6.04 Å². The van der Waals surface area contributed by atoms with Gasteiger partial charge in [0.1, 0.15) is 5.69 Å². The minimum atomic E-state index is -0.677. The lowest BCUT2D eigenvalue weighted by Gasteiger charge is -2.14. The minimum absolute atomic E-state index is 0.0740. The van der Waals surface area contributed by atoms with Crippen molar-refractivity contribution in [3.8, 4) is 0 Å². The SMILES string of the molecule is C=CCC(C)Nc1c(F)cc(N)cc1F. The Kier molecular flexibility index (Phi) is 3.66. The number of nitrogens with one attached hydrogen (secondary N) is 1.